The molecular weight excluding hydrogens is 941 g/mol. The Kier molecular flexibility index (Phi) is 11.5. The number of para-hydroxylation sites is 2. The lowest BCUT2D eigenvalue weighted by molar-refractivity contribution is 0.660. The molecule has 370 valence electrons. The van der Waals surface area contributed by atoms with E-state index in [1.807, 2.05) is 0 Å². The van der Waals surface area contributed by atoms with Gasteiger partial charge >= 0.3 is 0 Å². The highest BCUT2D eigenvalue weighted by Gasteiger charge is 2.46. The lowest BCUT2D eigenvalue weighted by atomic mass is 9.67. The minimum Gasteiger partial charge on any atom is -0.310 e. The van der Waals surface area contributed by atoms with E-state index in [2.05, 4.69) is 327 Å². The second-order valence-corrected chi connectivity index (χ2v) is 21.2. The predicted octanol–water partition coefficient (Wildman–Crippen LogP) is 20.3. The van der Waals surface area contributed by atoms with Crippen molar-refractivity contribution in [1.82, 2.24) is 0 Å². The van der Waals surface area contributed by atoms with Crippen molar-refractivity contribution in [3.05, 3.63) is 337 Å². The van der Waals surface area contributed by atoms with Gasteiger partial charge in [0.25, 0.3) is 0 Å². The van der Waals surface area contributed by atoms with E-state index in [-0.39, 0.29) is 5.41 Å². The molecule has 2 aliphatic carbocycles. The van der Waals surface area contributed by atoms with Crippen molar-refractivity contribution in [2.45, 2.75) is 24.7 Å². The van der Waals surface area contributed by atoms with E-state index in [9.17, 15) is 0 Å². The van der Waals surface area contributed by atoms with E-state index < -0.39 is 5.41 Å². The molecule has 12 aromatic rings. The molecule has 0 bridgehead atoms. The third-order valence-corrected chi connectivity index (χ3v) is 16.5. The first-order valence-corrected chi connectivity index (χ1v) is 27.2. The van der Waals surface area contributed by atoms with Gasteiger partial charge in [-0.1, -0.05) is 250 Å². The van der Waals surface area contributed by atoms with Gasteiger partial charge in [-0.25, -0.2) is 0 Å². The molecule has 0 aliphatic heterocycles. The number of hydrogen-bond acceptors (Lipinski definition) is 2. The molecule has 0 heterocycles. The summed E-state index contributed by atoms with van der Waals surface area (Å²) >= 11 is 0. The molecule has 0 fully saturated rings. The highest BCUT2D eigenvalue weighted by molar-refractivity contribution is 5.99. The Balaban J connectivity index is 1.07. The van der Waals surface area contributed by atoms with Crippen LogP contribution < -0.4 is 9.80 Å². The maximum Gasteiger partial charge on any atom is 0.0714 e. The number of anilines is 6. The van der Waals surface area contributed by atoms with Crippen LogP contribution in [0, 0.1) is 0 Å². The molecule has 0 saturated heterocycles. The number of rotatable bonds is 11. The summed E-state index contributed by atoms with van der Waals surface area (Å²) in [6.45, 7) is 4.74. The van der Waals surface area contributed by atoms with E-state index in [4.69, 9.17) is 0 Å². The van der Waals surface area contributed by atoms with Gasteiger partial charge in [0.2, 0.25) is 0 Å². The van der Waals surface area contributed by atoms with Crippen LogP contribution >= 0.6 is 0 Å². The van der Waals surface area contributed by atoms with Crippen molar-refractivity contribution in [3.8, 4) is 55.6 Å². The zero-order valence-corrected chi connectivity index (χ0v) is 43.8. The first kappa shape index (κ1) is 46.7. The third kappa shape index (κ3) is 7.63. The molecule has 0 aromatic heterocycles. The smallest absolute Gasteiger partial charge is 0.0714 e. The van der Waals surface area contributed by atoms with Gasteiger partial charge in [-0.3, -0.25) is 0 Å². The summed E-state index contributed by atoms with van der Waals surface area (Å²) in [7, 11) is 0. The summed E-state index contributed by atoms with van der Waals surface area (Å²) in [6.07, 6.45) is 0. The van der Waals surface area contributed by atoms with Crippen LogP contribution in [0.3, 0.4) is 0 Å². The number of fused-ring (bicyclic) bond motifs is 6. The van der Waals surface area contributed by atoms with Crippen LogP contribution in [0.4, 0.5) is 34.1 Å². The van der Waals surface area contributed by atoms with Crippen molar-refractivity contribution < 1.29 is 0 Å². The molecule has 0 atom stereocenters. The second kappa shape index (κ2) is 19.1. The molecular formula is C76H56N2. The van der Waals surface area contributed by atoms with Crippen molar-refractivity contribution >= 4 is 34.1 Å². The first-order valence-electron chi connectivity index (χ1n) is 27.2. The van der Waals surface area contributed by atoms with Crippen molar-refractivity contribution in [2.24, 2.45) is 0 Å². The summed E-state index contributed by atoms with van der Waals surface area (Å²) in [4.78, 5) is 4.95. The lowest BCUT2D eigenvalue weighted by Crippen LogP contribution is -2.28. The van der Waals surface area contributed by atoms with Gasteiger partial charge in [0, 0.05) is 39.5 Å². The third-order valence-electron chi connectivity index (χ3n) is 16.5. The monoisotopic (exact) mass is 996 g/mol. The topological polar surface area (TPSA) is 6.48 Å². The lowest BCUT2D eigenvalue weighted by Gasteiger charge is -2.35. The fourth-order valence-corrected chi connectivity index (χ4v) is 13.0. The summed E-state index contributed by atoms with van der Waals surface area (Å²) < 4.78 is 0. The Hall–Kier alpha value is -9.76. The maximum atomic E-state index is 2.48. The number of benzene rings is 12. The molecule has 0 saturated carbocycles. The molecule has 0 radical (unpaired) electrons. The minimum absolute atomic E-state index is 0.192. The van der Waals surface area contributed by atoms with Gasteiger partial charge in [0.1, 0.15) is 0 Å². The van der Waals surface area contributed by atoms with Gasteiger partial charge in [0.15, 0.2) is 0 Å². The highest BCUT2D eigenvalue weighted by atomic mass is 15.2. The summed E-state index contributed by atoms with van der Waals surface area (Å²) in [5.74, 6) is 0. The van der Waals surface area contributed by atoms with Gasteiger partial charge in [-0.15, -0.1) is 0 Å². The number of hydrogen-bond donors (Lipinski definition) is 0. The molecule has 0 spiro atoms. The van der Waals surface area contributed by atoms with Crippen LogP contribution in [0.1, 0.15) is 47.2 Å². The van der Waals surface area contributed by atoms with E-state index in [0.29, 0.717) is 0 Å². The zero-order chi connectivity index (χ0) is 52.2. The van der Waals surface area contributed by atoms with E-state index in [0.717, 1.165) is 50.8 Å². The normalized spacial score (nSPS) is 13.2. The Morgan fingerprint density at radius 2 is 0.603 bits per heavy atom. The summed E-state index contributed by atoms with van der Waals surface area (Å²) in [5.41, 5.74) is 25.3. The Labute approximate surface area is 458 Å². The maximum absolute atomic E-state index is 2.48. The molecule has 2 aliphatic rings. The quantitative estimate of drug-likeness (QED) is 0.127. The molecule has 2 heteroatoms. The summed E-state index contributed by atoms with van der Waals surface area (Å²) in [5, 5.41) is 0. The van der Waals surface area contributed by atoms with Gasteiger partial charge in [0.05, 0.1) is 5.41 Å². The van der Waals surface area contributed by atoms with Crippen LogP contribution in [0.15, 0.2) is 303 Å². The largest absolute Gasteiger partial charge is 0.310 e. The predicted molar refractivity (Wildman–Crippen MR) is 327 cm³/mol. The SMILES string of the molecule is CC1(C)c2ccccc2-c2ccc(N(c3ccccc3)c3cc(-c4c(-c5ccccc5)cccc4-c4ccccc4)cc(N(c4ccccc4)c4ccc5c(c4)C(c4ccccc4)(c4ccccc4)c4ccccc4-5)c3)cc21. The Morgan fingerprint density at radius 1 is 0.231 bits per heavy atom. The zero-order valence-electron chi connectivity index (χ0n) is 43.8. The molecule has 0 unspecified atom stereocenters. The van der Waals surface area contributed by atoms with E-state index >= 15 is 0 Å². The average molecular weight is 997 g/mol. The standard InChI is InChI=1S/C76H56N2/c1-75(2)70-42-23-21-38-66(70)68-46-44-60(51-72(68)75)77(58-34-17-7-18-35-58)62-48-55(74-64(53-26-9-3-10-27-53)40-25-41-65(74)54-28-11-4-12-29-54)49-63(50-62)78(59-36-19-8-20-37-59)61-45-47-69-67-39-22-24-43-71(67)76(73(69)52-61,56-30-13-5-14-31-56)57-32-15-6-16-33-57/h3-52H,1-2H3. The van der Waals surface area contributed by atoms with E-state index in [1.165, 1.54) is 72.3 Å². The fraction of sp³-hybridized carbons (Fsp3) is 0.0526. The first-order chi connectivity index (χ1) is 38.5. The van der Waals surface area contributed by atoms with Crippen LogP contribution in [0.25, 0.3) is 55.6 Å². The van der Waals surface area contributed by atoms with Gasteiger partial charge in [-0.05, 0) is 156 Å². The van der Waals surface area contributed by atoms with Crippen LogP contribution in [-0.2, 0) is 10.8 Å². The molecule has 78 heavy (non-hydrogen) atoms. The van der Waals surface area contributed by atoms with Crippen LogP contribution in [-0.4, -0.2) is 0 Å². The minimum atomic E-state index is -0.579. The average Bonchev–Trinajstić information content (AvgIpc) is 3.73. The molecule has 0 amide bonds. The molecule has 2 nitrogen and oxygen atoms in total. The van der Waals surface area contributed by atoms with Crippen LogP contribution in [0.2, 0.25) is 0 Å². The van der Waals surface area contributed by atoms with Crippen molar-refractivity contribution in [1.29, 1.82) is 0 Å². The molecule has 12 aromatic carbocycles. The van der Waals surface area contributed by atoms with E-state index in [1.54, 1.807) is 0 Å². The van der Waals surface area contributed by atoms with Gasteiger partial charge < -0.3 is 9.80 Å². The number of nitrogens with zero attached hydrogens (tertiary/aromatic N) is 2. The Bertz CT molecular complexity index is 4050. The second-order valence-electron chi connectivity index (χ2n) is 21.2. The molecule has 0 N–H and O–H groups in total. The van der Waals surface area contributed by atoms with Crippen LogP contribution in [0.5, 0.6) is 0 Å². The highest BCUT2D eigenvalue weighted by Crippen LogP contribution is 2.58. The summed E-state index contributed by atoms with van der Waals surface area (Å²) in [6, 6.07) is 112. The van der Waals surface area contributed by atoms with Gasteiger partial charge in [-0.2, -0.15) is 0 Å². The van der Waals surface area contributed by atoms with Crippen molar-refractivity contribution in [2.75, 3.05) is 9.80 Å². The Morgan fingerprint density at radius 3 is 1.10 bits per heavy atom. The van der Waals surface area contributed by atoms with Crippen molar-refractivity contribution in [3.63, 3.8) is 0 Å². The fourth-order valence-electron chi connectivity index (χ4n) is 13.0. The molecule has 14 rings (SSSR count).